The summed E-state index contributed by atoms with van der Waals surface area (Å²) in [5, 5.41) is 10.2. The van der Waals surface area contributed by atoms with Gasteiger partial charge in [0.25, 0.3) is 0 Å². The third-order valence-electron chi connectivity index (χ3n) is 2.09. The molecule has 0 saturated heterocycles. The number of carbonyl (C=O) groups is 1. The summed E-state index contributed by atoms with van der Waals surface area (Å²) in [5.74, 6) is -0.408. The van der Waals surface area contributed by atoms with Gasteiger partial charge in [0.05, 0.1) is 19.1 Å². The Morgan fingerprint density at radius 2 is 2.19 bits per heavy atom. The molecule has 1 aromatic carbocycles. The van der Waals surface area contributed by atoms with Crippen LogP contribution >= 0.6 is 11.6 Å². The zero-order valence-electron chi connectivity index (χ0n) is 9.15. The first-order chi connectivity index (χ1) is 7.65. The van der Waals surface area contributed by atoms with Gasteiger partial charge in [-0.3, -0.25) is 4.79 Å². The number of aliphatic hydroxyl groups excluding tert-OH is 1. The van der Waals surface area contributed by atoms with E-state index in [4.69, 9.17) is 16.3 Å². The Kier molecular flexibility index (Phi) is 5.29. The summed E-state index contributed by atoms with van der Waals surface area (Å²) < 4.78 is 4.88. The molecule has 88 valence electrons. The molecule has 0 radical (unpaired) electrons. The minimum Gasteiger partial charge on any atom is -0.466 e. The molecule has 16 heavy (non-hydrogen) atoms. The van der Waals surface area contributed by atoms with Gasteiger partial charge in [0.15, 0.2) is 0 Å². The molecule has 1 atom stereocenters. The van der Waals surface area contributed by atoms with E-state index in [1.165, 1.54) is 0 Å². The van der Waals surface area contributed by atoms with Crippen molar-refractivity contribution in [2.24, 2.45) is 0 Å². The van der Waals surface area contributed by atoms with Crippen molar-refractivity contribution in [3.63, 3.8) is 0 Å². The summed E-state index contributed by atoms with van der Waals surface area (Å²) >= 11 is 5.89. The second-order valence-electron chi connectivity index (χ2n) is 3.46. The average molecular weight is 243 g/mol. The number of esters is 1. The predicted octanol–water partition coefficient (Wildman–Crippen LogP) is 2.72. The lowest BCUT2D eigenvalue weighted by atomic mass is 10.1. The molecule has 3 nitrogen and oxygen atoms in total. The van der Waals surface area contributed by atoms with Gasteiger partial charge in [0, 0.05) is 5.02 Å². The van der Waals surface area contributed by atoms with Gasteiger partial charge in [-0.25, -0.2) is 0 Å². The highest BCUT2D eigenvalue weighted by atomic mass is 35.5. The van der Waals surface area contributed by atoms with E-state index in [0.717, 1.165) is 6.42 Å². The Hall–Kier alpha value is -1.06. The molecule has 0 spiro atoms. The zero-order valence-corrected chi connectivity index (χ0v) is 9.91. The molecule has 0 aromatic heterocycles. The molecule has 0 aliphatic heterocycles. The lowest BCUT2D eigenvalue weighted by molar-refractivity contribution is -0.146. The number of carbonyl (C=O) groups excluding carboxylic acids is 1. The summed E-state index contributed by atoms with van der Waals surface area (Å²) in [6.07, 6.45) is -0.199. The van der Waals surface area contributed by atoms with Gasteiger partial charge in [-0.2, -0.15) is 0 Å². The number of aliphatic hydroxyl groups is 1. The Morgan fingerprint density at radius 1 is 1.50 bits per heavy atom. The van der Waals surface area contributed by atoms with E-state index in [0.29, 0.717) is 17.2 Å². The van der Waals surface area contributed by atoms with Crippen LogP contribution in [0.2, 0.25) is 5.02 Å². The first-order valence-corrected chi connectivity index (χ1v) is 5.61. The van der Waals surface area contributed by atoms with Crippen LogP contribution < -0.4 is 0 Å². The van der Waals surface area contributed by atoms with Crippen molar-refractivity contribution in [1.82, 2.24) is 0 Å². The van der Waals surface area contributed by atoms with Crippen molar-refractivity contribution in [3.05, 3.63) is 34.9 Å². The van der Waals surface area contributed by atoms with Gasteiger partial charge in [-0.1, -0.05) is 36.7 Å². The lowest BCUT2D eigenvalue weighted by Gasteiger charge is -2.11. The second-order valence-corrected chi connectivity index (χ2v) is 3.87. The third-order valence-corrected chi connectivity index (χ3v) is 2.44. The van der Waals surface area contributed by atoms with Crippen LogP contribution in [0.15, 0.2) is 24.3 Å². The van der Waals surface area contributed by atoms with Gasteiger partial charge in [-0.15, -0.1) is 0 Å². The summed E-state index contributed by atoms with van der Waals surface area (Å²) in [7, 11) is 0. The highest BCUT2D eigenvalue weighted by Crippen LogP contribution is 2.24. The second kappa shape index (κ2) is 6.51. The summed E-state index contributed by atoms with van der Waals surface area (Å²) in [6, 6.07) is 6.91. The van der Waals surface area contributed by atoms with Crippen LogP contribution in [0.4, 0.5) is 0 Å². The van der Waals surface area contributed by atoms with Crippen molar-refractivity contribution >= 4 is 17.6 Å². The molecule has 4 heteroatoms. The van der Waals surface area contributed by atoms with E-state index in [1.54, 1.807) is 24.3 Å². The van der Waals surface area contributed by atoms with Crippen molar-refractivity contribution < 1.29 is 14.6 Å². The molecule has 0 bridgehead atoms. The van der Waals surface area contributed by atoms with Gasteiger partial charge in [0.1, 0.15) is 0 Å². The van der Waals surface area contributed by atoms with Crippen LogP contribution in [0.3, 0.4) is 0 Å². The molecule has 0 unspecified atom stereocenters. The molecule has 0 fully saturated rings. The number of hydrogen-bond acceptors (Lipinski definition) is 3. The SMILES string of the molecule is CCCOC(=O)C[C@@H](O)c1ccccc1Cl. The molecule has 0 aliphatic carbocycles. The maximum Gasteiger partial charge on any atom is 0.308 e. The summed E-state index contributed by atoms with van der Waals surface area (Å²) in [6.45, 7) is 2.30. The minimum atomic E-state index is -0.905. The number of ether oxygens (including phenoxy) is 1. The Balaban J connectivity index is 2.55. The fraction of sp³-hybridized carbons (Fsp3) is 0.417. The van der Waals surface area contributed by atoms with Gasteiger partial charge in [0.2, 0.25) is 0 Å². The Labute approximate surface area is 100.0 Å². The van der Waals surface area contributed by atoms with Crippen LogP contribution in [0.1, 0.15) is 31.4 Å². The fourth-order valence-corrected chi connectivity index (χ4v) is 1.55. The maximum atomic E-state index is 11.3. The van der Waals surface area contributed by atoms with Crippen molar-refractivity contribution in [3.8, 4) is 0 Å². The third kappa shape index (κ3) is 3.83. The molecule has 1 aromatic rings. The lowest BCUT2D eigenvalue weighted by Crippen LogP contribution is -2.11. The van der Waals surface area contributed by atoms with E-state index in [1.807, 2.05) is 6.92 Å². The van der Waals surface area contributed by atoms with Crippen LogP contribution in [-0.4, -0.2) is 17.7 Å². The molecule has 1 rings (SSSR count). The monoisotopic (exact) mass is 242 g/mol. The van der Waals surface area contributed by atoms with Crippen molar-refractivity contribution in [2.75, 3.05) is 6.61 Å². The topological polar surface area (TPSA) is 46.5 Å². The molecule has 0 amide bonds. The van der Waals surface area contributed by atoms with E-state index in [-0.39, 0.29) is 6.42 Å². The van der Waals surface area contributed by atoms with Crippen molar-refractivity contribution in [1.29, 1.82) is 0 Å². The molecule has 0 heterocycles. The fourth-order valence-electron chi connectivity index (χ4n) is 1.29. The highest BCUT2D eigenvalue weighted by Gasteiger charge is 2.16. The number of halogens is 1. The molecule has 0 saturated carbocycles. The molecular formula is C12H15ClO3. The normalized spacial score (nSPS) is 12.2. The molecule has 1 N–H and O–H groups in total. The average Bonchev–Trinajstić information content (AvgIpc) is 2.26. The Bertz CT molecular complexity index is 352. The molecule has 0 aliphatic rings. The van der Waals surface area contributed by atoms with Gasteiger partial charge >= 0.3 is 5.97 Å². The smallest absolute Gasteiger partial charge is 0.308 e. The number of benzene rings is 1. The number of rotatable bonds is 5. The van der Waals surface area contributed by atoms with Gasteiger partial charge in [-0.05, 0) is 18.1 Å². The zero-order chi connectivity index (χ0) is 12.0. The predicted molar refractivity (Wildman–Crippen MR) is 62.3 cm³/mol. The highest BCUT2D eigenvalue weighted by molar-refractivity contribution is 6.31. The maximum absolute atomic E-state index is 11.3. The van der Waals surface area contributed by atoms with E-state index in [2.05, 4.69) is 0 Å². The number of hydrogen-bond donors (Lipinski definition) is 1. The van der Waals surface area contributed by atoms with Crippen molar-refractivity contribution in [2.45, 2.75) is 25.9 Å². The first kappa shape index (κ1) is 13.0. The molecular weight excluding hydrogens is 228 g/mol. The standard InChI is InChI=1S/C12H15ClO3/c1-2-7-16-12(15)8-11(14)9-5-3-4-6-10(9)13/h3-6,11,14H,2,7-8H2,1H3/t11-/m1/s1. The largest absolute Gasteiger partial charge is 0.466 e. The Morgan fingerprint density at radius 3 is 2.81 bits per heavy atom. The van der Waals surface area contributed by atoms with E-state index >= 15 is 0 Å². The minimum absolute atomic E-state index is 0.0657. The van der Waals surface area contributed by atoms with Crippen LogP contribution in [0.5, 0.6) is 0 Å². The van der Waals surface area contributed by atoms with E-state index in [9.17, 15) is 9.90 Å². The first-order valence-electron chi connectivity index (χ1n) is 5.23. The van der Waals surface area contributed by atoms with Crippen LogP contribution in [0, 0.1) is 0 Å². The van der Waals surface area contributed by atoms with E-state index < -0.39 is 12.1 Å². The summed E-state index contributed by atoms with van der Waals surface area (Å²) in [4.78, 5) is 11.3. The summed E-state index contributed by atoms with van der Waals surface area (Å²) in [5.41, 5.74) is 0.553. The van der Waals surface area contributed by atoms with Gasteiger partial charge < -0.3 is 9.84 Å². The van der Waals surface area contributed by atoms with Crippen LogP contribution in [-0.2, 0) is 9.53 Å². The quantitative estimate of drug-likeness (QED) is 0.808. The van der Waals surface area contributed by atoms with Crippen LogP contribution in [0.25, 0.3) is 0 Å².